The van der Waals surface area contributed by atoms with Gasteiger partial charge in [-0.1, -0.05) is 6.92 Å². The summed E-state index contributed by atoms with van der Waals surface area (Å²) >= 11 is 0. The van der Waals surface area contributed by atoms with E-state index in [9.17, 15) is 0 Å². The molecule has 2 rings (SSSR count). The van der Waals surface area contributed by atoms with E-state index in [1.807, 2.05) is 13.2 Å². The SMILES string of the molecule is CNCc1ccnc(N2CCC(C)C(OC)C2)c1. The van der Waals surface area contributed by atoms with Crippen molar-refractivity contribution in [2.75, 3.05) is 32.1 Å². The van der Waals surface area contributed by atoms with Gasteiger partial charge in [-0.15, -0.1) is 0 Å². The van der Waals surface area contributed by atoms with Crippen molar-refractivity contribution in [2.45, 2.75) is 26.0 Å². The van der Waals surface area contributed by atoms with Crippen LogP contribution in [0.5, 0.6) is 0 Å². The van der Waals surface area contributed by atoms with E-state index in [2.05, 4.69) is 34.3 Å². The number of nitrogens with zero attached hydrogens (tertiary/aromatic N) is 2. The molecule has 2 unspecified atom stereocenters. The zero-order valence-corrected chi connectivity index (χ0v) is 11.5. The lowest BCUT2D eigenvalue weighted by molar-refractivity contribution is 0.0496. The van der Waals surface area contributed by atoms with E-state index in [0.29, 0.717) is 12.0 Å². The third kappa shape index (κ3) is 3.00. The Labute approximate surface area is 109 Å². The number of piperidine rings is 1. The predicted molar refractivity (Wildman–Crippen MR) is 73.8 cm³/mol. The highest BCUT2D eigenvalue weighted by atomic mass is 16.5. The first kappa shape index (κ1) is 13.3. The van der Waals surface area contributed by atoms with Crippen LogP contribution in [0.15, 0.2) is 18.3 Å². The zero-order chi connectivity index (χ0) is 13.0. The van der Waals surface area contributed by atoms with E-state index >= 15 is 0 Å². The van der Waals surface area contributed by atoms with Crippen LogP contribution in [0.3, 0.4) is 0 Å². The van der Waals surface area contributed by atoms with Gasteiger partial charge in [-0.3, -0.25) is 0 Å². The second-order valence-electron chi connectivity index (χ2n) is 5.04. The van der Waals surface area contributed by atoms with Gasteiger partial charge in [-0.25, -0.2) is 4.98 Å². The zero-order valence-electron chi connectivity index (χ0n) is 11.5. The molecule has 1 aliphatic rings. The average molecular weight is 249 g/mol. The maximum Gasteiger partial charge on any atom is 0.128 e. The van der Waals surface area contributed by atoms with Gasteiger partial charge in [0.05, 0.1) is 6.10 Å². The maximum absolute atomic E-state index is 5.55. The van der Waals surface area contributed by atoms with Gasteiger partial charge in [0.1, 0.15) is 5.82 Å². The summed E-state index contributed by atoms with van der Waals surface area (Å²) in [6.45, 7) is 5.15. The highest BCUT2D eigenvalue weighted by molar-refractivity contribution is 5.41. The van der Waals surface area contributed by atoms with Gasteiger partial charge in [0, 0.05) is 32.9 Å². The minimum absolute atomic E-state index is 0.313. The second kappa shape index (κ2) is 6.16. The van der Waals surface area contributed by atoms with Gasteiger partial charge < -0.3 is 15.0 Å². The molecule has 0 saturated carbocycles. The highest BCUT2D eigenvalue weighted by Gasteiger charge is 2.26. The fraction of sp³-hybridized carbons (Fsp3) is 0.643. The predicted octanol–water partition coefficient (Wildman–Crippen LogP) is 1.66. The van der Waals surface area contributed by atoms with E-state index in [-0.39, 0.29) is 0 Å². The molecule has 1 N–H and O–H groups in total. The smallest absolute Gasteiger partial charge is 0.128 e. The topological polar surface area (TPSA) is 37.4 Å². The van der Waals surface area contributed by atoms with Crippen LogP contribution in [0.4, 0.5) is 5.82 Å². The lowest BCUT2D eigenvalue weighted by atomic mass is 9.96. The Balaban J connectivity index is 2.09. The maximum atomic E-state index is 5.55. The molecular formula is C14H23N3O. The van der Waals surface area contributed by atoms with E-state index in [4.69, 9.17) is 4.74 Å². The Morgan fingerprint density at radius 2 is 2.39 bits per heavy atom. The number of pyridine rings is 1. The minimum atomic E-state index is 0.313. The molecule has 0 bridgehead atoms. The monoisotopic (exact) mass is 249 g/mol. The molecule has 0 amide bonds. The molecule has 4 nitrogen and oxygen atoms in total. The first-order valence-corrected chi connectivity index (χ1v) is 6.62. The Bertz CT molecular complexity index is 383. The van der Waals surface area contributed by atoms with Crippen molar-refractivity contribution in [3.63, 3.8) is 0 Å². The Morgan fingerprint density at radius 3 is 3.11 bits per heavy atom. The molecule has 4 heteroatoms. The van der Waals surface area contributed by atoms with Crippen LogP contribution >= 0.6 is 0 Å². The molecule has 100 valence electrons. The number of ether oxygens (including phenoxy) is 1. The van der Waals surface area contributed by atoms with Crippen LogP contribution in [0.2, 0.25) is 0 Å². The molecule has 2 atom stereocenters. The van der Waals surface area contributed by atoms with Crippen molar-refractivity contribution in [1.29, 1.82) is 0 Å². The third-order valence-corrected chi connectivity index (χ3v) is 3.71. The van der Waals surface area contributed by atoms with Gasteiger partial charge in [-0.05, 0) is 37.1 Å². The Hall–Kier alpha value is -1.13. The third-order valence-electron chi connectivity index (χ3n) is 3.71. The summed E-state index contributed by atoms with van der Waals surface area (Å²) in [7, 11) is 3.76. The summed E-state index contributed by atoms with van der Waals surface area (Å²) in [6, 6.07) is 4.22. The molecule has 0 aliphatic carbocycles. The van der Waals surface area contributed by atoms with E-state index in [0.717, 1.165) is 31.9 Å². The fourth-order valence-electron chi connectivity index (χ4n) is 2.50. The van der Waals surface area contributed by atoms with Crippen LogP contribution < -0.4 is 10.2 Å². The lowest BCUT2D eigenvalue weighted by Gasteiger charge is -2.37. The van der Waals surface area contributed by atoms with Gasteiger partial charge in [0.25, 0.3) is 0 Å². The largest absolute Gasteiger partial charge is 0.379 e. The molecule has 1 aromatic heterocycles. The summed E-state index contributed by atoms with van der Waals surface area (Å²) < 4.78 is 5.55. The van der Waals surface area contributed by atoms with E-state index in [1.54, 1.807) is 7.11 Å². The van der Waals surface area contributed by atoms with Crippen LogP contribution in [-0.2, 0) is 11.3 Å². The molecule has 1 aliphatic heterocycles. The van der Waals surface area contributed by atoms with Crippen molar-refractivity contribution in [2.24, 2.45) is 5.92 Å². The Morgan fingerprint density at radius 1 is 1.56 bits per heavy atom. The first-order valence-electron chi connectivity index (χ1n) is 6.62. The van der Waals surface area contributed by atoms with Crippen LogP contribution in [-0.4, -0.2) is 38.3 Å². The molecule has 18 heavy (non-hydrogen) atoms. The van der Waals surface area contributed by atoms with E-state index < -0.39 is 0 Å². The van der Waals surface area contributed by atoms with Crippen molar-refractivity contribution >= 4 is 5.82 Å². The van der Waals surface area contributed by atoms with Gasteiger partial charge >= 0.3 is 0 Å². The minimum Gasteiger partial charge on any atom is -0.379 e. The lowest BCUT2D eigenvalue weighted by Crippen LogP contribution is -2.44. The summed E-state index contributed by atoms with van der Waals surface area (Å²) in [5.41, 5.74) is 1.27. The van der Waals surface area contributed by atoms with Gasteiger partial charge in [-0.2, -0.15) is 0 Å². The average Bonchev–Trinajstić information content (AvgIpc) is 2.40. The summed E-state index contributed by atoms with van der Waals surface area (Å²) in [5.74, 6) is 1.70. The molecule has 1 aromatic rings. The number of methoxy groups -OCH3 is 1. The molecule has 0 spiro atoms. The standard InChI is InChI=1S/C14H23N3O/c1-11-5-7-17(10-13(11)18-3)14-8-12(9-15-2)4-6-16-14/h4,6,8,11,13,15H,5,7,9-10H2,1-3H3. The van der Waals surface area contributed by atoms with Crippen LogP contribution in [0.25, 0.3) is 0 Å². The number of rotatable bonds is 4. The second-order valence-corrected chi connectivity index (χ2v) is 5.04. The number of nitrogens with one attached hydrogen (secondary N) is 1. The summed E-state index contributed by atoms with van der Waals surface area (Å²) in [4.78, 5) is 6.81. The summed E-state index contributed by atoms with van der Waals surface area (Å²) in [6.07, 6.45) is 3.37. The normalized spacial score (nSPS) is 24.3. The van der Waals surface area contributed by atoms with E-state index in [1.165, 1.54) is 5.56 Å². The number of hydrogen-bond acceptors (Lipinski definition) is 4. The molecule has 1 fully saturated rings. The molecular weight excluding hydrogens is 226 g/mol. The quantitative estimate of drug-likeness (QED) is 0.880. The van der Waals surface area contributed by atoms with Crippen molar-refractivity contribution < 1.29 is 4.74 Å². The first-order chi connectivity index (χ1) is 8.74. The van der Waals surface area contributed by atoms with Crippen LogP contribution in [0.1, 0.15) is 18.9 Å². The van der Waals surface area contributed by atoms with Crippen molar-refractivity contribution in [1.82, 2.24) is 10.3 Å². The van der Waals surface area contributed by atoms with Crippen molar-refractivity contribution in [3.8, 4) is 0 Å². The molecule has 2 heterocycles. The molecule has 0 radical (unpaired) electrons. The molecule has 0 aromatic carbocycles. The van der Waals surface area contributed by atoms with Crippen LogP contribution in [0, 0.1) is 5.92 Å². The molecule has 1 saturated heterocycles. The van der Waals surface area contributed by atoms with Gasteiger partial charge in [0.15, 0.2) is 0 Å². The number of anilines is 1. The highest BCUT2D eigenvalue weighted by Crippen LogP contribution is 2.23. The fourth-order valence-corrected chi connectivity index (χ4v) is 2.50. The number of hydrogen-bond donors (Lipinski definition) is 1. The summed E-state index contributed by atoms with van der Waals surface area (Å²) in [5, 5.41) is 3.17. The number of aromatic nitrogens is 1. The van der Waals surface area contributed by atoms with Gasteiger partial charge in [0.2, 0.25) is 0 Å². The van der Waals surface area contributed by atoms with Crippen molar-refractivity contribution in [3.05, 3.63) is 23.9 Å². The Kier molecular flexibility index (Phi) is 4.55.